The lowest BCUT2D eigenvalue weighted by molar-refractivity contribution is 0.673. The Labute approximate surface area is 271 Å². The van der Waals surface area contributed by atoms with Crippen molar-refractivity contribution in [1.29, 1.82) is 0 Å². The molecule has 4 nitrogen and oxygen atoms in total. The van der Waals surface area contributed by atoms with Crippen molar-refractivity contribution in [3.05, 3.63) is 164 Å². The van der Waals surface area contributed by atoms with Crippen LogP contribution >= 0.6 is 0 Å². The van der Waals surface area contributed by atoms with Gasteiger partial charge in [-0.25, -0.2) is 9.97 Å². The molecule has 0 aliphatic carbocycles. The molecule has 0 spiro atoms. The van der Waals surface area contributed by atoms with E-state index in [-0.39, 0.29) is 0 Å². The standard InChI is InChI=1S/C43H27N3O/c1-3-13-28(14-4-1)38-27-39(46-43(45-38)29-15-5-2-6-16-29)31-18-11-17-30(25-31)32-21-12-23-40-41(32)36-26-35(37-22-9-10-24-44-37)33-19-7-8-20-34(33)42(36)47-40/h1-27H. The number of pyridine rings is 1. The fraction of sp³-hybridized carbons (Fsp3) is 0. The molecule has 0 bridgehead atoms. The number of aromatic nitrogens is 3. The highest BCUT2D eigenvalue weighted by Crippen LogP contribution is 2.43. The molecule has 9 aromatic rings. The first-order valence-corrected chi connectivity index (χ1v) is 15.7. The molecule has 0 aliphatic heterocycles. The number of rotatable bonds is 5. The van der Waals surface area contributed by atoms with Gasteiger partial charge >= 0.3 is 0 Å². The monoisotopic (exact) mass is 601 g/mol. The normalized spacial score (nSPS) is 11.4. The van der Waals surface area contributed by atoms with Crippen molar-refractivity contribution in [2.24, 2.45) is 0 Å². The van der Waals surface area contributed by atoms with E-state index in [0.717, 1.165) is 83.2 Å². The maximum atomic E-state index is 6.62. The molecule has 9 rings (SSSR count). The first-order chi connectivity index (χ1) is 23.3. The van der Waals surface area contributed by atoms with E-state index >= 15 is 0 Å². The highest BCUT2D eigenvalue weighted by atomic mass is 16.3. The molecule has 0 N–H and O–H groups in total. The van der Waals surface area contributed by atoms with Gasteiger partial charge in [-0.3, -0.25) is 4.98 Å². The van der Waals surface area contributed by atoms with Crippen molar-refractivity contribution in [1.82, 2.24) is 15.0 Å². The Morgan fingerprint density at radius 1 is 0.404 bits per heavy atom. The molecule has 3 aromatic heterocycles. The summed E-state index contributed by atoms with van der Waals surface area (Å²) in [6, 6.07) is 54.1. The molecule has 6 aromatic carbocycles. The van der Waals surface area contributed by atoms with E-state index in [1.54, 1.807) is 0 Å². The minimum atomic E-state index is 0.698. The largest absolute Gasteiger partial charge is 0.455 e. The molecule has 0 saturated carbocycles. The third-order valence-corrected chi connectivity index (χ3v) is 8.74. The highest BCUT2D eigenvalue weighted by Gasteiger charge is 2.19. The molecule has 47 heavy (non-hydrogen) atoms. The molecule has 220 valence electrons. The fourth-order valence-corrected chi connectivity index (χ4v) is 6.54. The van der Waals surface area contributed by atoms with Gasteiger partial charge in [0.25, 0.3) is 0 Å². The summed E-state index contributed by atoms with van der Waals surface area (Å²) in [5, 5.41) is 4.35. The van der Waals surface area contributed by atoms with Crippen LogP contribution in [0, 0.1) is 0 Å². The number of benzene rings is 6. The van der Waals surface area contributed by atoms with Crippen LogP contribution in [0.1, 0.15) is 0 Å². The van der Waals surface area contributed by atoms with Crippen molar-refractivity contribution < 1.29 is 4.42 Å². The number of hydrogen-bond donors (Lipinski definition) is 0. The third-order valence-electron chi connectivity index (χ3n) is 8.74. The summed E-state index contributed by atoms with van der Waals surface area (Å²) in [5.41, 5.74) is 10.8. The maximum absolute atomic E-state index is 6.62. The Hall–Kier alpha value is -6.39. The van der Waals surface area contributed by atoms with Crippen LogP contribution in [-0.4, -0.2) is 15.0 Å². The summed E-state index contributed by atoms with van der Waals surface area (Å²) in [5.74, 6) is 0.698. The molecule has 0 amide bonds. The molecule has 4 heteroatoms. The van der Waals surface area contributed by atoms with Crippen LogP contribution in [0.5, 0.6) is 0 Å². The summed E-state index contributed by atoms with van der Waals surface area (Å²) in [7, 11) is 0. The van der Waals surface area contributed by atoms with Crippen LogP contribution in [0.4, 0.5) is 0 Å². The van der Waals surface area contributed by atoms with Crippen LogP contribution in [0.3, 0.4) is 0 Å². The molecule has 0 radical (unpaired) electrons. The zero-order valence-corrected chi connectivity index (χ0v) is 25.3. The number of fused-ring (bicyclic) bond motifs is 5. The van der Waals surface area contributed by atoms with Gasteiger partial charge < -0.3 is 4.42 Å². The van der Waals surface area contributed by atoms with Crippen molar-refractivity contribution in [3.63, 3.8) is 0 Å². The van der Waals surface area contributed by atoms with Crippen molar-refractivity contribution in [2.75, 3.05) is 0 Å². The molecular formula is C43H27N3O. The fourth-order valence-electron chi connectivity index (χ4n) is 6.54. The molecule has 0 fully saturated rings. The number of nitrogens with zero attached hydrogens (tertiary/aromatic N) is 3. The van der Waals surface area contributed by atoms with Crippen LogP contribution in [0.2, 0.25) is 0 Å². The molecule has 0 unspecified atom stereocenters. The lowest BCUT2D eigenvalue weighted by Gasteiger charge is -2.11. The second-order valence-electron chi connectivity index (χ2n) is 11.6. The van der Waals surface area contributed by atoms with Gasteiger partial charge in [0.1, 0.15) is 11.2 Å². The zero-order chi connectivity index (χ0) is 31.2. The molecular weight excluding hydrogens is 574 g/mol. The molecule has 0 saturated heterocycles. The van der Waals surface area contributed by atoms with Gasteiger partial charge in [0.15, 0.2) is 5.82 Å². The summed E-state index contributed by atoms with van der Waals surface area (Å²) in [6.45, 7) is 0. The second kappa shape index (κ2) is 11.2. The van der Waals surface area contributed by atoms with Crippen LogP contribution < -0.4 is 0 Å². The van der Waals surface area contributed by atoms with Crippen molar-refractivity contribution in [3.8, 4) is 56.3 Å². The van der Waals surface area contributed by atoms with Gasteiger partial charge in [-0.2, -0.15) is 0 Å². The van der Waals surface area contributed by atoms with E-state index in [1.165, 1.54) is 0 Å². The summed E-state index contributed by atoms with van der Waals surface area (Å²) >= 11 is 0. The Bertz CT molecular complexity index is 2500. The zero-order valence-electron chi connectivity index (χ0n) is 25.3. The Balaban J connectivity index is 1.25. The van der Waals surface area contributed by atoms with E-state index in [2.05, 4.69) is 109 Å². The lowest BCUT2D eigenvalue weighted by atomic mass is 9.94. The van der Waals surface area contributed by atoms with E-state index < -0.39 is 0 Å². The van der Waals surface area contributed by atoms with Gasteiger partial charge in [0.05, 0.1) is 17.1 Å². The summed E-state index contributed by atoms with van der Waals surface area (Å²) in [4.78, 5) is 14.8. The van der Waals surface area contributed by atoms with Crippen LogP contribution in [0.15, 0.2) is 168 Å². The molecule has 0 atom stereocenters. The lowest BCUT2D eigenvalue weighted by Crippen LogP contribution is -1.96. The minimum Gasteiger partial charge on any atom is -0.455 e. The van der Waals surface area contributed by atoms with E-state index in [1.807, 2.05) is 54.7 Å². The van der Waals surface area contributed by atoms with E-state index in [4.69, 9.17) is 19.4 Å². The number of hydrogen-bond acceptors (Lipinski definition) is 4. The second-order valence-corrected chi connectivity index (χ2v) is 11.6. The van der Waals surface area contributed by atoms with Crippen molar-refractivity contribution in [2.45, 2.75) is 0 Å². The highest BCUT2D eigenvalue weighted by molar-refractivity contribution is 6.22. The third kappa shape index (κ3) is 4.75. The number of furan rings is 1. The first kappa shape index (κ1) is 27.0. The van der Waals surface area contributed by atoms with Gasteiger partial charge in [-0.15, -0.1) is 0 Å². The van der Waals surface area contributed by atoms with Gasteiger partial charge in [-0.1, -0.05) is 121 Å². The first-order valence-electron chi connectivity index (χ1n) is 15.7. The smallest absolute Gasteiger partial charge is 0.160 e. The quantitative estimate of drug-likeness (QED) is 0.197. The van der Waals surface area contributed by atoms with Crippen LogP contribution in [-0.2, 0) is 0 Å². The SMILES string of the molecule is c1ccc(-c2cc(-c3cccc(-c4cccc5oc6c7ccccc7c(-c7ccccn7)cc6c45)c3)nc(-c3ccccc3)n2)cc1. The maximum Gasteiger partial charge on any atom is 0.160 e. The molecule has 3 heterocycles. The van der Waals surface area contributed by atoms with E-state index in [9.17, 15) is 0 Å². The predicted molar refractivity (Wildman–Crippen MR) is 192 cm³/mol. The average Bonchev–Trinajstić information content (AvgIpc) is 3.55. The van der Waals surface area contributed by atoms with E-state index in [0.29, 0.717) is 5.82 Å². The Morgan fingerprint density at radius 2 is 1.06 bits per heavy atom. The minimum absolute atomic E-state index is 0.698. The summed E-state index contributed by atoms with van der Waals surface area (Å²) < 4.78 is 6.62. The Kier molecular flexibility index (Phi) is 6.43. The van der Waals surface area contributed by atoms with Crippen LogP contribution in [0.25, 0.3) is 89.0 Å². The topological polar surface area (TPSA) is 51.8 Å². The Morgan fingerprint density at radius 3 is 1.85 bits per heavy atom. The van der Waals surface area contributed by atoms with Gasteiger partial charge in [0, 0.05) is 44.6 Å². The van der Waals surface area contributed by atoms with Crippen molar-refractivity contribution >= 4 is 32.7 Å². The van der Waals surface area contributed by atoms with Gasteiger partial charge in [-0.05, 0) is 52.9 Å². The summed E-state index contributed by atoms with van der Waals surface area (Å²) in [6.07, 6.45) is 1.85. The van der Waals surface area contributed by atoms with Gasteiger partial charge in [0.2, 0.25) is 0 Å². The molecule has 0 aliphatic rings. The predicted octanol–water partition coefficient (Wildman–Crippen LogP) is 11.3. The average molecular weight is 602 g/mol.